The summed E-state index contributed by atoms with van der Waals surface area (Å²) >= 11 is 0. The van der Waals surface area contributed by atoms with E-state index in [0.717, 1.165) is 44.2 Å². The van der Waals surface area contributed by atoms with Crippen LogP contribution in [-0.2, 0) is 11.3 Å². The van der Waals surface area contributed by atoms with Gasteiger partial charge in [0.05, 0.1) is 12.1 Å². The van der Waals surface area contributed by atoms with Crippen LogP contribution in [0.4, 0.5) is 0 Å². The van der Waals surface area contributed by atoms with Crippen molar-refractivity contribution in [3.63, 3.8) is 0 Å². The SMILES string of the molecule is C#[N+][C@@]1(C[C@@]2(CCC3CCCCC3)N=C(N)N(C)C2=O)CCC[C@H](NCc2ccccn2)C1. The third-order valence-corrected chi connectivity index (χ3v) is 8.08. The van der Waals surface area contributed by atoms with Crippen molar-refractivity contribution in [1.29, 1.82) is 0 Å². The van der Waals surface area contributed by atoms with Gasteiger partial charge in [-0.05, 0) is 43.7 Å². The van der Waals surface area contributed by atoms with Crippen LogP contribution in [0, 0.1) is 12.5 Å². The third-order valence-electron chi connectivity index (χ3n) is 8.08. The maximum Gasteiger partial charge on any atom is 0.285 e. The van der Waals surface area contributed by atoms with Crippen LogP contribution >= 0.6 is 0 Å². The number of rotatable bonds is 8. The van der Waals surface area contributed by atoms with Crippen molar-refractivity contribution in [2.45, 2.75) is 101 Å². The van der Waals surface area contributed by atoms with Crippen molar-refractivity contribution >= 4 is 11.9 Å². The fourth-order valence-electron chi connectivity index (χ4n) is 6.18. The van der Waals surface area contributed by atoms with E-state index in [0.29, 0.717) is 24.8 Å². The summed E-state index contributed by atoms with van der Waals surface area (Å²) in [5, 5.41) is 3.64. The van der Waals surface area contributed by atoms with Gasteiger partial charge in [0, 0.05) is 38.7 Å². The van der Waals surface area contributed by atoms with Gasteiger partial charge in [-0.25, -0.2) is 4.99 Å². The Hall–Kier alpha value is -2.46. The maximum atomic E-state index is 13.5. The van der Waals surface area contributed by atoms with Gasteiger partial charge >= 0.3 is 0 Å². The molecule has 2 heterocycles. The highest BCUT2D eigenvalue weighted by molar-refractivity contribution is 6.06. The zero-order valence-corrected chi connectivity index (χ0v) is 20.0. The molecule has 0 unspecified atom stereocenters. The van der Waals surface area contributed by atoms with Gasteiger partial charge in [-0.1, -0.05) is 43.0 Å². The van der Waals surface area contributed by atoms with Gasteiger partial charge in [-0.15, -0.1) is 0 Å². The smallest absolute Gasteiger partial charge is 0.285 e. The summed E-state index contributed by atoms with van der Waals surface area (Å²) in [5.41, 5.74) is 5.86. The molecule has 4 rings (SSSR count). The first-order valence-corrected chi connectivity index (χ1v) is 12.6. The Morgan fingerprint density at radius 3 is 2.73 bits per heavy atom. The van der Waals surface area contributed by atoms with Gasteiger partial charge in [-0.2, -0.15) is 0 Å². The molecule has 3 atom stereocenters. The van der Waals surface area contributed by atoms with Crippen molar-refractivity contribution in [1.82, 2.24) is 15.2 Å². The number of amides is 1. The van der Waals surface area contributed by atoms with Crippen molar-refractivity contribution in [3.05, 3.63) is 34.9 Å². The van der Waals surface area contributed by atoms with Crippen LogP contribution in [0.1, 0.15) is 82.7 Å². The number of nitrogens with zero attached hydrogens (tertiary/aromatic N) is 4. The van der Waals surface area contributed by atoms with Crippen LogP contribution in [0.25, 0.3) is 4.85 Å². The van der Waals surface area contributed by atoms with Crippen LogP contribution in [0.2, 0.25) is 0 Å². The second-order valence-corrected chi connectivity index (χ2v) is 10.4. The summed E-state index contributed by atoms with van der Waals surface area (Å²) in [4.78, 5) is 28.6. The van der Waals surface area contributed by atoms with Crippen LogP contribution in [-0.4, -0.2) is 45.9 Å². The molecule has 3 N–H and O–H groups in total. The lowest BCUT2D eigenvalue weighted by Gasteiger charge is -2.35. The van der Waals surface area contributed by atoms with Crippen molar-refractivity contribution in [2.75, 3.05) is 7.05 Å². The molecule has 7 heteroatoms. The Morgan fingerprint density at radius 1 is 1.24 bits per heavy atom. The number of pyridine rings is 1. The highest BCUT2D eigenvalue weighted by atomic mass is 16.2. The molecule has 7 nitrogen and oxygen atoms in total. The van der Waals surface area contributed by atoms with E-state index in [-0.39, 0.29) is 11.9 Å². The van der Waals surface area contributed by atoms with E-state index in [4.69, 9.17) is 17.3 Å². The molecule has 33 heavy (non-hydrogen) atoms. The summed E-state index contributed by atoms with van der Waals surface area (Å²) in [6.07, 6.45) is 14.3. The van der Waals surface area contributed by atoms with Gasteiger partial charge in [0.25, 0.3) is 18.0 Å². The molecule has 2 fully saturated rings. The number of aromatic nitrogens is 1. The predicted octanol–water partition coefficient (Wildman–Crippen LogP) is 4.09. The maximum absolute atomic E-state index is 13.5. The van der Waals surface area contributed by atoms with Crippen LogP contribution in [0.15, 0.2) is 29.4 Å². The number of nitrogens with one attached hydrogen (secondary N) is 1. The highest BCUT2D eigenvalue weighted by Crippen LogP contribution is 2.44. The van der Waals surface area contributed by atoms with Gasteiger partial charge in [0.2, 0.25) is 0 Å². The van der Waals surface area contributed by atoms with Gasteiger partial charge < -0.3 is 11.1 Å². The Bertz CT molecular complexity index is 890. The lowest BCUT2D eigenvalue weighted by Crippen LogP contribution is -2.50. The molecule has 1 aliphatic heterocycles. The molecule has 1 aromatic rings. The average Bonchev–Trinajstić information content (AvgIpc) is 3.06. The summed E-state index contributed by atoms with van der Waals surface area (Å²) < 4.78 is 0. The standard InChI is InChI=1S/C26H39N6O/c1-28-25(14-8-12-21(17-25)30-18-22-11-6-7-16-29-22)19-26(23(33)32(2)24(27)31-26)15-13-20-9-4-3-5-10-20/h1,6-7,11,16,20-21,30H,3-5,8-10,12-15,17-19H2,2H3,(H2,27,31)/q+1/t21-,25-,26+/m0/s1. The molecule has 0 saturated heterocycles. The van der Waals surface area contributed by atoms with Crippen LogP contribution in [0.3, 0.4) is 0 Å². The van der Waals surface area contributed by atoms with Crippen molar-refractivity contribution in [2.24, 2.45) is 16.6 Å². The molecular weight excluding hydrogens is 412 g/mol. The number of guanidine groups is 1. The van der Waals surface area contributed by atoms with E-state index >= 15 is 0 Å². The lowest BCUT2D eigenvalue weighted by atomic mass is 9.70. The molecule has 1 aromatic heterocycles. The van der Waals surface area contributed by atoms with Gasteiger partial charge in [0.15, 0.2) is 11.5 Å². The molecule has 0 radical (unpaired) electrons. The number of hydrogen-bond acceptors (Lipinski definition) is 5. The zero-order chi connectivity index (χ0) is 23.3. The first-order chi connectivity index (χ1) is 16.0. The summed E-state index contributed by atoms with van der Waals surface area (Å²) in [6.45, 7) is 6.79. The minimum atomic E-state index is -0.845. The zero-order valence-electron chi connectivity index (χ0n) is 20.0. The predicted molar refractivity (Wildman–Crippen MR) is 132 cm³/mol. The quantitative estimate of drug-likeness (QED) is 0.623. The first-order valence-electron chi connectivity index (χ1n) is 12.6. The van der Waals surface area contributed by atoms with Crippen LogP contribution in [0.5, 0.6) is 0 Å². The van der Waals surface area contributed by atoms with Gasteiger partial charge in [0.1, 0.15) is 0 Å². The second kappa shape index (κ2) is 10.2. The van der Waals surface area contributed by atoms with E-state index in [1.807, 2.05) is 24.4 Å². The van der Waals surface area contributed by atoms with E-state index in [1.54, 1.807) is 7.05 Å². The third kappa shape index (κ3) is 5.38. The molecular formula is C26H39N6O+. The normalized spacial score (nSPS) is 30.8. The van der Waals surface area contributed by atoms with E-state index < -0.39 is 11.1 Å². The lowest BCUT2D eigenvalue weighted by molar-refractivity contribution is -0.131. The average molecular weight is 452 g/mol. The number of likely N-dealkylation sites (N-methyl/N-ethyl adjacent to an activating group) is 1. The number of carbonyl (C=O) groups excluding carboxylic acids is 1. The molecule has 1 amide bonds. The van der Waals surface area contributed by atoms with Crippen molar-refractivity contribution in [3.8, 4) is 6.57 Å². The van der Waals surface area contributed by atoms with Gasteiger partial charge in [-0.3, -0.25) is 14.7 Å². The Kier molecular flexibility index (Phi) is 7.33. The topological polar surface area (TPSA) is 88.0 Å². The van der Waals surface area contributed by atoms with E-state index in [1.165, 1.54) is 37.0 Å². The molecule has 178 valence electrons. The van der Waals surface area contributed by atoms with E-state index in [9.17, 15) is 4.79 Å². The number of nitrogens with two attached hydrogens (primary N) is 1. The Morgan fingerprint density at radius 2 is 2.06 bits per heavy atom. The molecule has 3 aliphatic rings. The largest absolute Gasteiger partial charge is 0.369 e. The number of aliphatic imine (C=N–C) groups is 1. The number of carbonyl (C=O) groups is 1. The van der Waals surface area contributed by atoms with Crippen LogP contribution < -0.4 is 11.1 Å². The minimum absolute atomic E-state index is 0.00222. The van der Waals surface area contributed by atoms with E-state index in [2.05, 4.69) is 15.1 Å². The number of hydrogen-bond donors (Lipinski definition) is 2. The second-order valence-electron chi connectivity index (χ2n) is 10.4. The van der Waals surface area contributed by atoms with Crippen molar-refractivity contribution < 1.29 is 4.79 Å². The molecule has 0 spiro atoms. The molecule has 0 bridgehead atoms. The molecule has 2 saturated carbocycles. The molecule has 0 aromatic carbocycles. The summed E-state index contributed by atoms with van der Waals surface area (Å²) in [6, 6.07) is 6.24. The fourth-order valence-corrected chi connectivity index (χ4v) is 6.18. The summed E-state index contributed by atoms with van der Waals surface area (Å²) in [7, 11) is 1.73. The summed E-state index contributed by atoms with van der Waals surface area (Å²) in [5.74, 6) is 0.995. The molecule has 2 aliphatic carbocycles. The first kappa shape index (κ1) is 23.7. The Labute approximate surface area is 198 Å². The Balaban J connectivity index is 1.48. The monoisotopic (exact) mass is 451 g/mol. The highest BCUT2D eigenvalue weighted by Gasteiger charge is 2.57. The minimum Gasteiger partial charge on any atom is -0.369 e. The fraction of sp³-hybridized carbons (Fsp3) is 0.692.